The lowest BCUT2D eigenvalue weighted by molar-refractivity contribution is -0.126. The molecule has 0 radical (unpaired) electrons. The van der Waals surface area contributed by atoms with Crippen LogP contribution in [0, 0.1) is 23.5 Å². The van der Waals surface area contributed by atoms with Crippen LogP contribution in [0.5, 0.6) is 11.5 Å². The zero-order valence-electron chi connectivity index (χ0n) is 33.5. The van der Waals surface area contributed by atoms with E-state index < -0.39 is 18.2 Å². The third kappa shape index (κ3) is 11.5. The first kappa shape index (κ1) is 43.6. The second-order valence-electron chi connectivity index (χ2n) is 14.7. The first-order valence-corrected chi connectivity index (χ1v) is 20.0. The average molecular weight is 871 g/mol. The van der Waals surface area contributed by atoms with E-state index in [2.05, 4.69) is 41.0 Å². The maximum absolute atomic E-state index is 13.2. The minimum absolute atomic E-state index is 0.00185. The number of nitrogens with two attached hydrogens (primary N) is 1. The van der Waals surface area contributed by atoms with E-state index in [0.717, 1.165) is 32.1 Å². The Morgan fingerprint density at radius 3 is 1.54 bits per heavy atom. The first-order valence-electron chi connectivity index (χ1n) is 20.0. The van der Waals surface area contributed by atoms with E-state index in [0.29, 0.717) is 36.8 Å². The highest BCUT2D eigenvalue weighted by atomic mass is 19.3. The molecule has 4 heterocycles. The predicted octanol–water partition coefficient (Wildman–Crippen LogP) is 5.34. The molecule has 2 saturated carbocycles. The van der Waals surface area contributed by atoms with Crippen molar-refractivity contribution in [2.75, 3.05) is 24.3 Å². The van der Waals surface area contributed by atoms with Gasteiger partial charge in [-0.2, -0.15) is 29.2 Å². The SMILES string of the molecule is Nc1ccc(-n2nccn2)c(C(=O)N[C@H]2CCC[C@@H]2COc2ccc(F)cc2)n1.O=C(N[C@H]1CCC[C@@H]1COc1ccc(F)cc1)c1nc(NC(=O)C(F)F)ccc1-n1nccn1. The Kier molecular flexibility index (Phi) is 14.1. The number of hydrogen-bond acceptors (Lipinski definition) is 12. The van der Waals surface area contributed by atoms with Crippen LogP contribution in [0.2, 0.25) is 0 Å². The summed E-state index contributed by atoms with van der Waals surface area (Å²) in [6, 6.07) is 17.3. The van der Waals surface area contributed by atoms with Gasteiger partial charge in [-0.3, -0.25) is 14.4 Å². The quantitative estimate of drug-likeness (QED) is 0.102. The van der Waals surface area contributed by atoms with Crippen molar-refractivity contribution >= 4 is 29.4 Å². The van der Waals surface area contributed by atoms with Gasteiger partial charge in [-0.25, -0.2) is 18.7 Å². The second-order valence-corrected chi connectivity index (χ2v) is 14.7. The molecule has 0 saturated heterocycles. The van der Waals surface area contributed by atoms with Crippen LogP contribution in [-0.2, 0) is 4.79 Å². The second kappa shape index (κ2) is 20.4. The van der Waals surface area contributed by atoms with Gasteiger partial charge in [0, 0.05) is 23.9 Å². The molecule has 0 aliphatic heterocycles. The van der Waals surface area contributed by atoms with Crippen LogP contribution in [-0.4, -0.2) is 89.4 Å². The summed E-state index contributed by atoms with van der Waals surface area (Å²) in [6.45, 7) is 0.760. The monoisotopic (exact) mass is 870 g/mol. The summed E-state index contributed by atoms with van der Waals surface area (Å²) in [7, 11) is 0. The lowest BCUT2D eigenvalue weighted by Crippen LogP contribution is -2.40. The third-order valence-electron chi connectivity index (χ3n) is 10.4. The molecule has 5 N–H and O–H groups in total. The van der Waals surface area contributed by atoms with Crippen molar-refractivity contribution in [1.29, 1.82) is 0 Å². The van der Waals surface area contributed by atoms with Crippen molar-refractivity contribution in [3.8, 4) is 22.9 Å². The summed E-state index contributed by atoms with van der Waals surface area (Å²) in [5, 5.41) is 24.1. The Balaban J connectivity index is 0.000000191. The minimum Gasteiger partial charge on any atom is -0.493 e. The smallest absolute Gasteiger partial charge is 0.315 e. The van der Waals surface area contributed by atoms with Crippen LogP contribution in [0.25, 0.3) is 11.4 Å². The number of benzene rings is 2. The highest BCUT2D eigenvalue weighted by Gasteiger charge is 2.32. The van der Waals surface area contributed by atoms with Gasteiger partial charge in [0.25, 0.3) is 17.7 Å². The Labute approximate surface area is 357 Å². The molecule has 2 aliphatic rings. The largest absolute Gasteiger partial charge is 0.493 e. The summed E-state index contributed by atoms with van der Waals surface area (Å²) in [6.07, 6.45) is 7.81. The van der Waals surface area contributed by atoms with Crippen molar-refractivity contribution in [1.82, 2.24) is 50.6 Å². The number of aromatic nitrogens is 8. The molecule has 4 aromatic heterocycles. The Morgan fingerprint density at radius 1 is 0.635 bits per heavy atom. The zero-order valence-corrected chi connectivity index (χ0v) is 33.5. The van der Waals surface area contributed by atoms with E-state index >= 15 is 0 Å². The van der Waals surface area contributed by atoms with E-state index in [1.165, 1.54) is 82.9 Å². The van der Waals surface area contributed by atoms with Gasteiger partial charge in [0.1, 0.15) is 46.1 Å². The number of anilines is 2. The predicted molar refractivity (Wildman–Crippen MR) is 218 cm³/mol. The standard InChI is InChI=1S/C22H21F3N6O3.C20H21FN6O2/c23-14-4-6-15(7-5-14)34-12-13-2-1-3-16(13)28-21(32)19-17(31-26-10-11-27-31)8-9-18(29-19)30-22(33)20(24)25;21-14-4-6-15(7-5-14)29-12-13-2-1-3-16(13)25-20(28)19-17(8-9-18(22)26-19)27-23-10-11-24-27/h4-11,13,16,20H,1-3,12H2,(H,28,32)(H,29,30,33);4-11,13,16H,1-3,12H2,(H2,22,26)(H,25,28)/t2*13-,16+/m11/s1. The minimum atomic E-state index is -3.23. The molecule has 0 bridgehead atoms. The van der Waals surface area contributed by atoms with Crippen LogP contribution in [0.1, 0.15) is 59.5 Å². The molecule has 0 unspecified atom stereocenters. The van der Waals surface area contributed by atoms with Crippen molar-refractivity contribution in [3.05, 3.63) is 121 Å². The molecule has 6 aromatic rings. The number of carbonyl (C=O) groups is 3. The van der Waals surface area contributed by atoms with Gasteiger partial charge < -0.3 is 31.2 Å². The molecular weight excluding hydrogens is 829 g/mol. The Bertz CT molecular complexity index is 2460. The van der Waals surface area contributed by atoms with E-state index in [-0.39, 0.29) is 70.2 Å². The van der Waals surface area contributed by atoms with Gasteiger partial charge >= 0.3 is 6.43 Å². The van der Waals surface area contributed by atoms with Crippen LogP contribution >= 0.6 is 0 Å². The average Bonchev–Trinajstić information content (AvgIpc) is 4.14. The molecular formula is C42H42F4N12O5. The van der Waals surface area contributed by atoms with E-state index in [1.54, 1.807) is 24.3 Å². The number of nitrogens with one attached hydrogen (secondary N) is 3. The molecule has 2 fully saturated rings. The number of alkyl halides is 2. The lowest BCUT2D eigenvalue weighted by atomic mass is 10.0. The number of carbonyl (C=O) groups excluding carboxylic acids is 3. The maximum atomic E-state index is 13.2. The molecule has 17 nitrogen and oxygen atoms in total. The van der Waals surface area contributed by atoms with Crippen molar-refractivity contribution in [2.45, 2.75) is 57.0 Å². The lowest BCUT2D eigenvalue weighted by Gasteiger charge is -2.22. The molecule has 328 valence electrons. The molecule has 2 aliphatic carbocycles. The molecule has 8 rings (SSSR count). The van der Waals surface area contributed by atoms with Gasteiger partial charge in [0.05, 0.1) is 38.0 Å². The highest BCUT2D eigenvalue weighted by molar-refractivity contribution is 5.98. The normalized spacial score (nSPS) is 18.0. The fourth-order valence-electron chi connectivity index (χ4n) is 7.30. The van der Waals surface area contributed by atoms with Crippen LogP contribution < -0.4 is 31.2 Å². The van der Waals surface area contributed by atoms with Crippen molar-refractivity contribution in [2.24, 2.45) is 11.8 Å². The van der Waals surface area contributed by atoms with Crippen molar-refractivity contribution < 1.29 is 41.4 Å². The number of rotatable bonds is 14. The maximum Gasteiger partial charge on any atom is 0.315 e. The van der Waals surface area contributed by atoms with Crippen LogP contribution in [0.3, 0.4) is 0 Å². The van der Waals surface area contributed by atoms with Crippen LogP contribution in [0.15, 0.2) is 97.6 Å². The summed E-state index contributed by atoms with van der Waals surface area (Å²) < 4.78 is 62.9. The molecule has 2 aromatic carbocycles. The molecule has 3 amide bonds. The van der Waals surface area contributed by atoms with Gasteiger partial charge in [0.15, 0.2) is 11.4 Å². The fraction of sp³-hybridized carbons (Fsp3) is 0.310. The van der Waals surface area contributed by atoms with Crippen LogP contribution in [0.4, 0.5) is 29.2 Å². The molecule has 21 heteroatoms. The highest BCUT2D eigenvalue weighted by Crippen LogP contribution is 2.29. The first-order chi connectivity index (χ1) is 30.5. The third-order valence-corrected chi connectivity index (χ3v) is 10.4. The van der Waals surface area contributed by atoms with Crippen molar-refractivity contribution in [3.63, 3.8) is 0 Å². The topological polar surface area (TPSA) is 219 Å². The van der Waals surface area contributed by atoms with Gasteiger partial charge in [-0.1, -0.05) is 12.8 Å². The summed E-state index contributed by atoms with van der Waals surface area (Å²) >= 11 is 0. The number of pyridine rings is 2. The molecule has 0 spiro atoms. The van der Waals surface area contributed by atoms with E-state index in [1.807, 2.05) is 5.32 Å². The fourth-order valence-corrected chi connectivity index (χ4v) is 7.30. The molecule has 4 atom stereocenters. The van der Waals surface area contributed by atoms with Gasteiger partial charge in [-0.05, 0) is 98.5 Å². The number of nitrogens with zero attached hydrogens (tertiary/aromatic N) is 8. The van der Waals surface area contributed by atoms with E-state index in [4.69, 9.17) is 15.2 Å². The number of hydrogen-bond donors (Lipinski definition) is 4. The zero-order chi connectivity index (χ0) is 44.3. The van der Waals surface area contributed by atoms with E-state index in [9.17, 15) is 31.9 Å². The number of amides is 3. The number of nitrogen functional groups attached to an aromatic ring is 1. The van der Waals surface area contributed by atoms with Gasteiger partial charge in [0.2, 0.25) is 0 Å². The Morgan fingerprint density at radius 2 is 1.08 bits per heavy atom. The summed E-state index contributed by atoms with van der Waals surface area (Å²) in [5.41, 5.74) is 6.50. The number of ether oxygens (including phenoxy) is 2. The number of halogens is 4. The Hall–Kier alpha value is -7.45. The molecule has 63 heavy (non-hydrogen) atoms. The summed E-state index contributed by atoms with van der Waals surface area (Å²) in [5.74, 6) is -1.77. The van der Waals surface area contributed by atoms with Gasteiger partial charge in [-0.15, -0.1) is 9.59 Å². The summed E-state index contributed by atoms with van der Waals surface area (Å²) in [4.78, 5) is 48.3.